The Kier molecular flexibility index (Phi) is 4.86. The van der Waals surface area contributed by atoms with E-state index >= 15 is 0 Å². The van der Waals surface area contributed by atoms with Gasteiger partial charge in [0.1, 0.15) is 5.82 Å². The van der Waals surface area contributed by atoms with Gasteiger partial charge in [-0.15, -0.1) is 0 Å². The van der Waals surface area contributed by atoms with Gasteiger partial charge >= 0.3 is 0 Å². The highest BCUT2D eigenvalue weighted by atomic mass is 79.9. The molecule has 3 N–H and O–H groups in total. The number of anilines is 1. The lowest BCUT2D eigenvalue weighted by molar-refractivity contribution is 0.102. The third kappa shape index (κ3) is 3.83. The fourth-order valence-corrected chi connectivity index (χ4v) is 2.76. The van der Waals surface area contributed by atoms with Crippen molar-refractivity contribution in [3.63, 3.8) is 0 Å². The maximum atomic E-state index is 13.7. The highest BCUT2D eigenvalue weighted by molar-refractivity contribution is 9.10. The lowest BCUT2D eigenvalue weighted by Gasteiger charge is -2.09. The standard InChI is InChI=1S/C13H9BrClFN2O3S/c14-10-3-2-8(22(17,20)21)6-9(10)13(19)18-12-4-1-7(15)5-11(12)16/h1-6H,(H,18,19)(H2,17,20,21). The van der Waals surface area contributed by atoms with Crippen LogP contribution in [0.4, 0.5) is 10.1 Å². The van der Waals surface area contributed by atoms with Gasteiger partial charge in [0, 0.05) is 9.50 Å². The zero-order valence-corrected chi connectivity index (χ0v) is 14.0. The van der Waals surface area contributed by atoms with Crippen LogP contribution in [0.1, 0.15) is 10.4 Å². The molecular formula is C13H9BrClFN2O3S. The highest BCUT2D eigenvalue weighted by Crippen LogP contribution is 2.23. The number of sulfonamides is 1. The van der Waals surface area contributed by atoms with Crippen LogP contribution >= 0.6 is 27.5 Å². The number of rotatable bonds is 3. The fraction of sp³-hybridized carbons (Fsp3) is 0. The molecule has 0 aliphatic rings. The third-order valence-electron chi connectivity index (χ3n) is 2.69. The Morgan fingerprint density at radius 1 is 1.23 bits per heavy atom. The van der Waals surface area contributed by atoms with E-state index < -0.39 is 21.7 Å². The molecule has 5 nitrogen and oxygen atoms in total. The lowest BCUT2D eigenvalue weighted by Crippen LogP contribution is -2.16. The van der Waals surface area contributed by atoms with Crippen LogP contribution in [-0.4, -0.2) is 14.3 Å². The van der Waals surface area contributed by atoms with Gasteiger partial charge in [-0.05, 0) is 52.3 Å². The number of primary sulfonamides is 1. The van der Waals surface area contributed by atoms with E-state index in [0.717, 1.165) is 12.1 Å². The van der Waals surface area contributed by atoms with Crippen LogP contribution in [0.3, 0.4) is 0 Å². The smallest absolute Gasteiger partial charge is 0.256 e. The molecule has 9 heteroatoms. The van der Waals surface area contributed by atoms with Gasteiger partial charge in [-0.2, -0.15) is 0 Å². The Bertz CT molecular complexity index is 858. The van der Waals surface area contributed by atoms with E-state index in [1.165, 1.54) is 24.3 Å². The van der Waals surface area contributed by atoms with Crippen LogP contribution in [-0.2, 0) is 10.0 Å². The molecule has 2 aromatic carbocycles. The van der Waals surface area contributed by atoms with Crippen molar-refractivity contribution in [2.45, 2.75) is 4.90 Å². The van der Waals surface area contributed by atoms with Crippen molar-refractivity contribution in [2.24, 2.45) is 5.14 Å². The fourth-order valence-electron chi connectivity index (χ4n) is 1.64. The number of benzene rings is 2. The third-order valence-corrected chi connectivity index (χ3v) is 4.53. The largest absolute Gasteiger partial charge is 0.319 e. The molecule has 0 saturated heterocycles. The van der Waals surface area contributed by atoms with Crippen LogP contribution in [0, 0.1) is 5.82 Å². The molecule has 0 saturated carbocycles. The molecule has 22 heavy (non-hydrogen) atoms. The molecule has 2 rings (SSSR count). The first-order valence-corrected chi connectivity index (χ1v) is 8.49. The number of carbonyl (C=O) groups excluding carboxylic acids is 1. The molecule has 0 heterocycles. The summed E-state index contributed by atoms with van der Waals surface area (Å²) in [7, 11) is -3.95. The first kappa shape index (κ1) is 16.9. The number of nitrogens with one attached hydrogen (secondary N) is 1. The van der Waals surface area contributed by atoms with Crippen LogP contribution in [0.25, 0.3) is 0 Å². The van der Waals surface area contributed by atoms with Crippen molar-refractivity contribution in [1.29, 1.82) is 0 Å². The van der Waals surface area contributed by atoms with E-state index in [4.69, 9.17) is 16.7 Å². The second-order valence-corrected chi connectivity index (χ2v) is 7.12. The number of hydrogen-bond acceptors (Lipinski definition) is 3. The van der Waals surface area contributed by atoms with Gasteiger partial charge in [-0.25, -0.2) is 17.9 Å². The first-order valence-electron chi connectivity index (χ1n) is 5.77. The van der Waals surface area contributed by atoms with Gasteiger partial charge in [-0.3, -0.25) is 4.79 Å². The average molecular weight is 408 g/mol. The Morgan fingerprint density at radius 3 is 2.50 bits per heavy atom. The predicted molar refractivity (Wildman–Crippen MR) is 84.9 cm³/mol. The van der Waals surface area contributed by atoms with Gasteiger partial charge in [-0.1, -0.05) is 11.6 Å². The predicted octanol–water partition coefficient (Wildman–Crippen LogP) is 3.14. The number of nitrogens with two attached hydrogens (primary N) is 1. The highest BCUT2D eigenvalue weighted by Gasteiger charge is 2.17. The molecule has 0 unspecified atom stereocenters. The molecule has 0 aliphatic carbocycles. The van der Waals surface area contributed by atoms with E-state index in [9.17, 15) is 17.6 Å². The molecule has 0 aromatic heterocycles. The molecule has 0 atom stereocenters. The summed E-state index contributed by atoms with van der Waals surface area (Å²) in [6.45, 7) is 0. The summed E-state index contributed by atoms with van der Waals surface area (Å²) >= 11 is 8.76. The number of halogens is 3. The molecule has 2 aromatic rings. The van der Waals surface area contributed by atoms with Crippen LogP contribution in [0.15, 0.2) is 45.8 Å². The first-order chi connectivity index (χ1) is 10.2. The van der Waals surface area contributed by atoms with Crippen molar-refractivity contribution in [2.75, 3.05) is 5.32 Å². The zero-order valence-electron chi connectivity index (χ0n) is 10.8. The molecule has 0 bridgehead atoms. The van der Waals surface area contributed by atoms with Crippen molar-refractivity contribution < 1.29 is 17.6 Å². The summed E-state index contributed by atoms with van der Waals surface area (Å²) in [6.07, 6.45) is 0. The van der Waals surface area contributed by atoms with Crippen molar-refractivity contribution in [3.8, 4) is 0 Å². The molecule has 0 radical (unpaired) electrons. The van der Waals surface area contributed by atoms with Gasteiger partial charge in [0.2, 0.25) is 10.0 Å². The summed E-state index contributed by atoms with van der Waals surface area (Å²) in [4.78, 5) is 12.0. The number of carbonyl (C=O) groups is 1. The van der Waals surface area contributed by atoms with Crippen LogP contribution in [0.5, 0.6) is 0 Å². The molecule has 0 fully saturated rings. The lowest BCUT2D eigenvalue weighted by atomic mass is 10.2. The second-order valence-electron chi connectivity index (χ2n) is 4.26. The summed E-state index contributed by atoms with van der Waals surface area (Å²) in [5.74, 6) is -1.40. The molecular weight excluding hydrogens is 399 g/mol. The summed E-state index contributed by atoms with van der Waals surface area (Å²) in [6, 6.07) is 7.48. The van der Waals surface area contributed by atoms with E-state index in [0.29, 0.717) is 4.47 Å². The number of amides is 1. The number of hydrogen-bond donors (Lipinski definition) is 2. The van der Waals surface area contributed by atoms with Crippen molar-refractivity contribution in [1.82, 2.24) is 0 Å². The Labute approximate surface area is 139 Å². The second kappa shape index (κ2) is 6.33. The van der Waals surface area contributed by atoms with Gasteiger partial charge in [0.15, 0.2) is 0 Å². The summed E-state index contributed by atoms with van der Waals surface area (Å²) in [5, 5.41) is 7.54. The molecule has 0 spiro atoms. The summed E-state index contributed by atoms with van der Waals surface area (Å²) < 4.78 is 36.7. The minimum atomic E-state index is -3.95. The zero-order chi connectivity index (χ0) is 16.5. The minimum absolute atomic E-state index is 0.000810. The molecule has 116 valence electrons. The topological polar surface area (TPSA) is 89.3 Å². The van der Waals surface area contributed by atoms with E-state index in [2.05, 4.69) is 21.2 Å². The Hall–Kier alpha value is -1.48. The van der Waals surface area contributed by atoms with Crippen molar-refractivity contribution in [3.05, 3.63) is 57.3 Å². The molecule has 0 aliphatic heterocycles. The molecule has 1 amide bonds. The van der Waals surface area contributed by atoms with Crippen LogP contribution < -0.4 is 10.5 Å². The Morgan fingerprint density at radius 2 is 1.91 bits per heavy atom. The maximum absolute atomic E-state index is 13.7. The van der Waals surface area contributed by atoms with Crippen molar-refractivity contribution >= 4 is 49.1 Å². The van der Waals surface area contributed by atoms with Gasteiger partial charge < -0.3 is 5.32 Å². The summed E-state index contributed by atoms with van der Waals surface area (Å²) in [5.41, 5.74) is -0.0804. The quantitative estimate of drug-likeness (QED) is 0.819. The average Bonchev–Trinajstić information content (AvgIpc) is 2.41. The van der Waals surface area contributed by atoms with E-state index in [-0.39, 0.29) is 21.2 Å². The van der Waals surface area contributed by atoms with Gasteiger partial charge in [0.25, 0.3) is 5.91 Å². The van der Waals surface area contributed by atoms with Gasteiger partial charge in [0.05, 0.1) is 16.1 Å². The van der Waals surface area contributed by atoms with Crippen LogP contribution in [0.2, 0.25) is 5.02 Å². The maximum Gasteiger partial charge on any atom is 0.256 e. The monoisotopic (exact) mass is 406 g/mol. The van der Waals surface area contributed by atoms with E-state index in [1.54, 1.807) is 0 Å². The SMILES string of the molecule is NS(=O)(=O)c1ccc(Br)c(C(=O)Nc2ccc(Cl)cc2F)c1. The minimum Gasteiger partial charge on any atom is -0.319 e. The Balaban J connectivity index is 2.37. The van der Waals surface area contributed by atoms with E-state index in [1.807, 2.05) is 0 Å². The normalized spacial score (nSPS) is 11.3.